The van der Waals surface area contributed by atoms with Crippen molar-refractivity contribution in [3.63, 3.8) is 0 Å². The summed E-state index contributed by atoms with van der Waals surface area (Å²) >= 11 is 0. The van der Waals surface area contributed by atoms with Crippen molar-refractivity contribution in [1.82, 2.24) is 20.2 Å². The topological polar surface area (TPSA) is 108 Å². The Morgan fingerprint density at radius 3 is 2.43 bits per heavy atom. The van der Waals surface area contributed by atoms with Gasteiger partial charge in [-0.2, -0.15) is 0 Å². The predicted octanol–water partition coefficient (Wildman–Crippen LogP) is 2.25. The Labute approximate surface area is 161 Å². The summed E-state index contributed by atoms with van der Waals surface area (Å²) < 4.78 is 12.1. The molecule has 1 aromatic heterocycles. The van der Waals surface area contributed by atoms with Gasteiger partial charge in [0.05, 0.1) is 17.9 Å². The smallest absolute Gasteiger partial charge is 0.338 e. The molecule has 1 heterocycles. The minimum atomic E-state index is -0.960. The zero-order valence-corrected chi connectivity index (χ0v) is 15.4. The Balaban J connectivity index is 1.56. The van der Waals surface area contributed by atoms with Gasteiger partial charge in [-0.25, -0.2) is 9.48 Å². The van der Waals surface area contributed by atoms with Crippen LogP contribution in [-0.4, -0.2) is 44.8 Å². The Morgan fingerprint density at radius 1 is 1.11 bits per heavy atom. The molecule has 3 rings (SSSR count). The number of ether oxygens (including phenoxy) is 2. The van der Waals surface area contributed by atoms with Crippen LogP contribution in [-0.2, 0) is 9.53 Å². The highest BCUT2D eigenvalue weighted by molar-refractivity contribution is 5.97. The zero-order chi connectivity index (χ0) is 19.9. The third-order valence-electron chi connectivity index (χ3n) is 3.80. The van der Waals surface area contributed by atoms with Gasteiger partial charge in [-0.05, 0) is 72.8 Å². The number of tetrazole rings is 1. The molecule has 1 atom stereocenters. The van der Waals surface area contributed by atoms with Gasteiger partial charge in [0, 0.05) is 5.69 Å². The fraction of sp³-hybridized carbons (Fsp3) is 0.211. The number of benzene rings is 2. The summed E-state index contributed by atoms with van der Waals surface area (Å²) in [5, 5.41) is 13.6. The summed E-state index contributed by atoms with van der Waals surface area (Å²) in [5.41, 5.74) is 1.60. The average molecular weight is 381 g/mol. The van der Waals surface area contributed by atoms with Crippen LogP contribution in [0.3, 0.4) is 0 Å². The van der Waals surface area contributed by atoms with Gasteiger partial charge in [0.2, 0.25) is 0 Å². The summed E-state index contributed by atoms with van der Waals surface area (Å²) in [7, 11) is 0. The van der Waals surface area contributed by atoms with Crippen molar-refractivity contribution >= 4 is 17.6 Å². The second-order valence-electron chi connectivity index (χ2n) is 5.80. The lowest BCUT2D eigenvalue weighted by Gasteiger charge is -2.14. The van der Waals surface area contributed by atoms with Crippen molar-refractivity contribution in [2.45, 2.75) is 20.0 Å². The molecule has 1 unspecified atom stereocenters. The molecule has 0 aliphatic carbocycles. The van der Waals surface area contributed by atoms with Gasteiger partial charge in [-0.15, -0.1) is 5.10 Å². The number of nitrogens with zero attached hydrogens (tertiary/aromatic N) is 4. The van der Waals surface area contributed by atoms with Crippen molar-refractivity contribution in [3.05, 3.63) is 60.4 Å². The van der Waals surface area contributed by atoms with Crippen molar-refractivity contribution in [2.24, 2.45) is 0 Å². The van der Waals surface area contributed by atoms with Crippen molar-refractivity contribution < 1.29 is 19.1 Å². The number of carbonyl (C=O) groups excluding carboxylic acids is 2. The van der Waals surface area contributed by atoms with Gasteiger partial charge in [-0.1, -0.05) is 0 Å². The van der Waals surface area contributed by atoms with E-state index in [1.54, 1.807) is 48.5 Å². The van der Waals surface area contributed by atoms with E-state index in [-0.39, 0.29) is 0 Å². The van der Waals surface area contributed by atoms with Gasteiger partial charge in [0.25, 0.3) is 5.91 Å². The number of anilines is 1. The molecule has 0 saturated heterocycles. The fourth-order valence-corrected chi connectivity index (χ4v) is 2.36. The number of hydrogen-bond acceptors (Lipinski definition) is 7. The first-order valence-corrected chi connectivity index (χ1v) is 8.65. The van der Waals surface area contributed by atoms with Crippen LogP contribution in [0.1, 0.15) is 24.2 Å². The summed E-state index contributed by atoms with van der Waals surface area (Å²) in [6.07, 6.45) is 0.485. The van der Waals surface area contributed by atoms with E-state index in [4.69, 9.17) is 9.47 Å². The highest BCUT2D eigenvalue weighted by atomic mass is 16.5. The average Bonchev–Trinajstić information content (AvgIpc) is 3.24. The molecule has 0 spiro atoms. The zero-order valence-electron chi connectivity index (χ0n) is 15.4. The number of esters is 1. The summed E-state index contributed by atoms with van der Waals surface area (Å²) in [6.45, 7) is 3.97. The molecule has 1 amide bonds. The second kappa shape index (κ2) is 8.76. The van der Waals surface area contributed by atoms with Gasteiger partial charge >= 0.3 is 5.97 Å². The highest BCUT2D eigenvalue weighted by Gasteiger charge is 2.19. The number of hydrogen-bond donors (Lipinski definition) is 1. The SMILES string of the molecule is CCOc1ccc(NC(=O)C(C)OC(=O)c2ccc(-n3cnnn3)cc2)cc1. The van der Waals surface area contributed by atoms with Crippen molar-refractivity contribution in [1.29, 1.82) is 0 Å². The number of amides is 1. The lowest BCUT2D eigenvalue weighted by molar-refractivity contribution is -0.123. The number of nitrogens with one attached hydrogen (secondary N) is 1. The van der Waals surface area contributed by atoms with Crippen LogP contribution in [0.25, 0.3) is 5.69 Å². The maximum absolute atomic E-state index is 12.3. The van der Waals surface area contributed by atoms with Crippen molar-refractivity contribution in [3.8, 4) is 11.4 Å². The second-order valence-corrected chi connectivity index (χ2v) is 5.80. The van der Waals surface area contributed by atoms with Crippen molar-refractivity contribution in [2.75, 3.05) is 11.9 Å². The molecular weight excluding hydrogens is 362 g/mol. The molecule has 1 N–H and O–H groups in total. The van der Waals surface area contributed by atoms with E-state index in [0.29, 0.717) is 29.3 Å². The molecule has 3 aromatic rings. The molecule has 9 nitrogen and oxygen atoms in total. The number of carbonyl (C=O) groups is 2. The van der Waals surface area contributed by atoms with Gasteiger partial charge < -0.3 is 14.8 Å². The maximum atomic E-state index is 12.3. The van der Waals surface area contributed by atoms with E-state index in [9.17, 15) is 9.59 Å². The summed E-state index contributed by atoms with van der Waals surface area (Å²) in [5.74, 6) is -0.314. The highest BCUT2D eigenvalue weighted by Crippen LogP contribution is 2.16. The third kappa shape index (κ3) is 4.70. The maximum Gasteiger partial charge on any atom is 0.338 e. The van der Waals surface area contributed by atoms with Crippen LogP contribution in [0.15, 0.2) is 54.9 Å². The minimum absolute atomic E-state index is 0.317. The normalized spacial score (nSPS) is 11.5. The molecule has 2 aromatic carbocycles. The first-order valence-electron chi connectivity index (χ1n) is 8.65. The largest absolute Gasteiger partial charge is 0.494 e. The number of rotatable bonds is 7. The van der Waals surface area contributed by atoms with Crippen LogP contribution < -0.4 is 10.1 Å². The van der Waals surface area contributed by atoms with E-state index in [1.165, 1.54) is 17.9 Å². The Kier molecular flexibility index (Phi) is 5.95. The van der Waals surface area contributed by atoms with Gasteiger partial charge in [0.1, 0.15) is 12.1 Å². The Morgan fingerprint density at radius 2 is 1.82 bits per heavy atom. The lowest BCUT2D eigenvalue weighted by atomic mass is 10.2. The standard InChI is InChI=1S/C19H19N5O4/c1-3-27-17-10-6-15(7-11-17)21-18(25)13(2)28-19(26)14-4-8-16(9-5-14)24-12-20-22-23-24/h4-13H,3H2,1-2H3,(H,21,25). The Bertz CT molecular complexity index is 924. The molecular formula is C19H19N5O4. The van der Waals surface area contributed by atoms with Gasteiger partial charge in [0.15, 0.2) is 6.10 Å². The third-order valence-corrected chi connectivity index (χ3v) is 3.80. The molecule has 0 aliphatic rings. The molecule has 144 valence electrons. The lowest BCUT2D eigenvalue weighted by Crippen LogP contribution is -2.30. The fourth-order valence-electron chi connectivity index (χ4n) is 2.36. The molecule has 0 bridgehead atoms. The van der Waals surface area contributed by atoms with Crippen LogP contribution in [0.4, 0.5) is 5.69 Å². The summed E-state index contributed by atoms with van der Waals surface area (Å²) in [4.78, 5) is 24.5. The van der Waals surface area contributed by atoms with Crippen LogP contribution in [0.5, 0.6) is 5.75 Å². The predicted molar refractivity (Wildman–Crippen MR) is 100 cm³/mol. The van der Waals surface area contributed by atoms with E-state index < -0.39 is 18.0 Å². The van der Waals surface area contributed by atoms with E-state index >= 15 is 0 Å². The molecule has 0 fully saturated rings. The monoisotopic (exact) mass is 381 g/mol. The number of aromatic nitrogens is 4. The summed E-state index contributed by atoms with van der Waals surface area (Å²) in [6, 6.07) is 13.5. The van der Waals surface area contributed by atoms with Crippen LogP contribution >= 0.6 is 0 Å². The Hall–Kier alpha value is -3.75. The van der Waals surface area contributed by atoms with Crippen LogP contribution in [0.2, 0.25) is 0 Å². The quantitative estimate of drug-likeness (QED) is 0.625. The molecule has 0 saturated carbocycles. The first kappa shape index (κ1) is 19.0. The molecule has 28 heavy (non-hydrogen) atoms. The molecule has 0 aliphatic heterocycles. The van der Waals surface area contributed by atoms with E-state index in [1.807, 2.05) is 6.92 Å². The van der Waals surface area contributed by atoms with E-state index in [0.717, 1.165) is 0 Å². The molecule has 9 heteroatoms. The molecule has 0 radical (unpaired) electrons. The van der Waals surface area contributed by atoms with Crippen LogP contribution in [0, 0.1) is 0 Å². The minimum Gasteiger partial charge on any atom is -0.494 e. The first-order chi connectivity index (χ1) is 13.6. The van der Waals surface area contributed by atoms with E-state index in [2.05, 4.69) is 20.8 Å². The van der Waals surface area contributed by atoms with Gasteiger partial charge in [-0.3, -0.25) is 4.79 Å².